The van der Waals surface area contributed by atoms with Crippen LogP contribution in [0.5, 0.6) is 0 Å². The molecule has 0 saturated carbocycles. The van der Waals surface area contributed by atoms with Crippen molar-refractivity contribution in [3.8, 4) is 17.3 Å². The number of rotatable bonds is 8. The summed E-state index contributed by atoms with van der Waals surface area (Å²) in [6.07, 6.45) is -2.98. The molecule has 0 bridgehead atoms. The molecule has 0 atom stereocenters. The minimum absolute atomic E-state index is 0.0777. The molecule has 5 aromatic rings. The average Bonchev–Trinajstić information content (AvgIpc) is 3.67. The molecule has 38 heavy (non-hydrogen) atoms. The van der Waals surface area contributed by atoms with Gasteiger partial charge in [0.05, 0.1) is 23.3 Å². The van der Waals surface area contributed by atoms with Gasteiger partial charge in [-0.3, -0.25) is 9.36 Å². The minimum Gasteiger partial charge on any atom is -0.461 e. The largest absolute Gasteiger partial charge is 0.461 e. The van der Waals surface area contributed by atoms with Crippen molar-refractivity contribution in [1.82, 2.24) is 25.1 Å². The molecule has 13 heteroatoms. The van der Waals surface area contributed by atoms with E-state index in [-0.39, 0.29) is 17.9 Å². The van der Waals surface area contributed by atoms with Gasteiger partial charge in [-0.25, -0.2) is 9.37 Å². The first-order valence-electron chi connectivity index (χ1n) is 11.1. The molecule has 0 aliphatic heterocycles. The van der Waals surface area contributed by atoms with Crippen molar-refractivity contribution in [3.63, 3.8) is 0 Å². The van der Waals surface area contributed by atoms with Crippen LogP contribution in [-0.4, -0.2) is 25.7 Å². The van der Waals surface area contributed by atoms with Crippen molar-refractivity contribution in [1.29, 1.82) is 0 Å². The first kappa shape index (κ1) is 25.7. The number of para-hydroxylation sites is 1. The molecule has 3 heterocycles. The molecule has 1 amide bonds. The van der Waals surface area contributed by atoms with Gasteiger partial charge in [0, 0.05) is 11.9 Å². The van der Waals surface area contributed by atoms with Crippen LogP contribution in [0.4, 0.5) is 17.6 Å². The van der Waals surface area contributed by atoms with E-state index in [1.807, 2.05) is 0 Å². The Bertz CT molecular complexity index is 1560. The second-order valence-corrected chi connectivity index (χ2v) is 9.75. The van der Waals surface area contributed by atoms with E-state index < -0.39 is 23.5 Å². The van der Waals surface area contributed by atoms with E-state index in [1.54, 1.807) is 40.3 Å². The summed E-state index contributed by atoms with van der Waals surface area (Å²) in [4.78, 5) is 16.9. The number of thioether (sulfide) groups is 1. The zero-order chi connectivity index (χ0) is 26.7. The highest BCUT2D eigenvalue weighted by Gasteiger charge is 2.30. The Hall–Kier alpha value is -3.97. The normalized spacial score (nSPS) is 11.6. The van der Waals surface area contributed by atoms with Gasteiger partial charge in [-0.2, -0.15) is 13.2 Å². The number of carbonyl (C=O) groups excluding carboxylic acids is 1. The molecule has 0 unspecified atom stereocenters. The van der Waals surface area contributed by atoms with Gasteiger partial charge in [0.15, 0.2) is 10.9 Å². The van der Waals surface area contributed by atoms with Gasteiger partial charge < -0.3 is 9.73 Å². The summed E-state index contributed by atoms with van der Waals surface area (Å²) in [5.74, 6) is 0.0921. The second kappa shape index (κ2) is 10.8. The maximum Gasteiger partial charge on any atom is 0.416 e. The van der Waals surface area contributed by atoms with E-state index in [1.165, 1.54) is 47.6 Å². The van der Waals surface area contributed by atoms with Crippen molar-refractivity contribution >= 4 is 29.0 Å². The Balaban J connectivity index is 1.28. The smallest absolute Gasteiger partial charge is 0.416 e. The van der Waals surface area contributed by atoms with Crippen LogP contribution >= 0.6 is 23.1 Å². The Labute approximate surface area is 221 Å². The predicted octanol–water partition coefficient (Wildman–Crippen LogP) is 6.36. The van der Waals surface area contributed by atoms with Crippen LogP contribution in [0.15, 0.2) is 81.9 Å². The van der Waals surface area contributed by atoms with Gasteiger partial charge in [-0.1, -0.05) is 36.0 Å². The molecule has 0 aliphatic carbocycles. The highest BCUT2D eigenvalue weighted by Crippen LogP contribution is 2.32. The number of carbonyl (C=O) groups is 1. The predicted molar refractivity (Wildman–Crippen MR) is 133 cm³/mol. The molecule has 3 aromatic heterocycles. The zero-order valence-electron chi connectivity index (χ0n) is 19.3. The van der Waals surface area contributed by atoms with Crippen molar-refractivity contribution < 1.29 is 26.8 Å². The average molecular weight is 560 g/mol. The van der Waals surface area contributed by atoms with E-state index in [4.69, 9.17) is 4.42 Å². The number of thiazole rings is 1. The molecule has 2 aromatic carbocycles. The molecule has 0 saturated heterocycles. The highest BCUT2D eigenvalue weighted by atomic mass is 32.2. The van der Waals surface area contributed by atoms with Crippen molar-refractivity contribution in [2.24, 2.45) is 0 Å². The lowest BCUT2D eigenvalue weighted by molar-refractivity contribution is -0.137. The summed E-state index contributed by atoms with van der Waals surface area (Å²) >= 11 is 2.49. The van der Waals surface area contributed by atoms with E-state index >= 15 is 0 Å². The van der Waals surface area contributed by atoms with Gasteiger partial charge in [0.2, 0.25) is 5.82 Å². The summed E-state index contributed by atoms with van der Waals surface area (Å²) in [7, 11) is 0. The third-order valence-corrected chi connectivity index (χ3v) is 7.26. The molecule has 7 nitrogen and oxygen atoms in total. The lowest BCUT2D eigenvalue weighted by atomic mass is 10.1. The summed E-state index contributed by atoms with van der Waals surface area (Å²) in [6.45, 7) is -0.0777. The van der Waals surface area contributed by atoms with Crippen LogP contribution in [0, 0.1) is 5.82 Å². The van der Waals surface area contributed by atoms with Crippen molar-refractivity contribution in [2.45, 2.75) is 23.6 Å². The van der Waals surface area contributed by atoms with Crippen LogP contribution in [0.1, 0.15) is 26.6 Å². The van der Waals surface area contributed by atoms with Crippen molar-refractivity contribution in [2.75, 3.05) is 0 Å². The Morgan fingerprint density at radius 1 is 1.08 bits per heavy atom. The van der Waals surface area contributed by atoms with Crippen LogP contribution in [0.2, 0.25) is 0 Å². The lowest BCUT2D eigenvalue weighted by Gasteiger charge is -2.09. The minimum atomic E-state index is -4.46. The molecular formula is C25H17F4N5O2S2. The Morgan fingerprint density at radius 2 is 1.92 bits per heavy atom. The number of aromatic nitrogens is 4. The number of hydrogen-bond donors (Lipinski definition) is 1. The standard InChI is InChI=1S/C25H17F4N5O2S2/c26-17-7-1-2-8-19(17)34-22(20-9-4-10-36-20)32-33-24(34)38-14-21-31-18(13-37-21)23(35)30-12-15-5-3-6-16(11-15)25(27,28)29/h1-11,13H,12,14H2,(H,30,35). The Kier molecular flexibility index (Phi) is 7.29. The maximum absolute atomic E-state index is 14.7. The quantitative estimate of drug-likeness (QED) is 0.176. The number of benzene rings is 2. The van der Waals surface area contributed by atoms with Crippen LogP contribution in [0.25, 0.3) is 17.3 Å². The molecule has 194 valence electrons. The molecule has 0 spiro atoms. The number of nitrogens with zero attached hydrogens (tertiary/aromatic N) is 4. The number of nitrogens with one attached hydrogen (secondary N) is 1. The monoisotopic (exact) mass is 559 g/mol. The van der Waals surface area contributed by atoms with Gasteiger partial charge in [0.1, 0.15) is 16.5 Å². The van der Waals surface area contributed by atoms with E-state index in [0.29, 0.717) is 33.1 Å². The molecule has 0 fully saturated rings. The van der Waals surface area contributed by atoms with E-state index in [2.05, 4.69) is 20.5 Å². The second-order valence-electron chi connectivity index (χ2n) is 7.87. The number of hydrogen-bond acceptors (Lipinski definition) is 7. The summed E-state index contributed by atoms with van der Waals surface area (Å²) in [5, 5.41) is 13.5. The third kappa shape index (κ3) is 5.63. The first-order chi connectivity index (χ1) is 18.3. The molecule has 5 rings (SSSR count). The fraction of sp³-hybridized carbons (Fsp3) is 0.120. The van der Waals surface area contributed by atoms with Gasteiger partial charge >= 0.3 is 6.18 Å². The first-order valence-corrected chi connectivity index (χ1v) is 12.9. The molecule has 0 radical (unpaired) electrons. The number of furan rings is 1. The summed E-state index contributed by atoms with van der Waals surface area (Å²) in [5.41, 5.74) is -0.0701. The maximum atomic E-state index is 14.7. The fourth-order valence-electron chi connectivity index (χ4n) is 3.52. The van der Waals surface area contributed by atoms with Crippen LogP contribution < -0.4 is 5.32 Å². The van der Waals surface area contributed by atoms with Gasteiger partial charge in [-0.05, 0) is 42.0 Å². The van der Waals surface area contributed by atoms with Crippen LogP contribution in [-0.2, 0) is 18.5 Å². The molecule has 1 N–H and O–H groups in total. The van der Waals surface area contributed by atoms with Crippen LogP contribution in [0.3, 0.4) is 0 Å². The lowest BCUT2D eigenvalue weighted by Crippen LogP contribution is -2.23. The van der Waals surface area contributed by atoms with Gasteiger partial charge in [0.25, 0.3) is 5.91 Å². The zero-order valence-corrected chi connectivity index (χ0v) is 20.9. The van der Waals surface area contributed by atoms with Gasteiger partial charge in [-0.15, -0.1) is 21.5 Å². The summed E-state index contributed by atoms with van der Waals surface area (Å²) in [6, 6.07) is 14.4. The number of alkyl halides is 3. The molecule has 0 aliphatic rings. The fourth-order valence-corrected chi connectivity index (χ4v) is 5.25. The number of amides is 1. The SMILES string of the molecule is O=C(NCc1cccc(C(F)(F)F)c1)c1csc(CSc2nnc(-c3ccco3)n2-c2ccccc2F)n1. The third-order valence-electron chi connectivity index (χ3n) is 5.28. The Morgan fingerprint density at radius 3 is 2.68 bits per heavy atom. The highest BCUT2D eigenvalue weighted by molar-refractivity contribution is 7.98. The topological polar surface area (TPSA) is 85.8 Å². The summed E-state index contributed by atoms with van der Waals surface area (Å²) < 4.78 is 60.4. The van der Waals surface area contributed by atoms with E-state index in [9.17, 15) is 22.4 Å². The van der Waals surface area contributed by atoms with E-state index in [0.717, 1.165) is 12.1 Å². The molecular weight excluding hydrogens is 542 g/mol. The number of halogens is 4. The van der Waals surface area contributed by atoms with Crippen molar-refractivity contribution in [3.05, 3.63) is 100.0 Å².